The van der Waals surface area contributed by atoms with Gasteiger partial charge in [-0.15, -0.1) is 11.8 Å². The van der Waals surface area contributed by atoms with Gasteiger partial charge < -0.3 is 10.2 Å². The van der Waals surface area contributed by atoms with Crippen molar-refractivity contribution >= 4 is 51.1 Å². The second-order valence-corrected chi connectivity index (χ2v) is 11.0. The summed E-state index contributed by atoms with van der Waals surface area (Å²) in [6, 6.07) is 24.7. The Morgan fingerprint density at radius 3 is 2.29 bits per heavy atom. The summed E-state index contributed by atoms with van der Waals surface area (Å²) in [5, 5.41) is 3.71. The highest BCUT2D eigenvalue weighted by Crippen LogP contribution is 2.21. The maximum Gasteiger partial charge on any atom is 0.243 e. The largest absolute Gasteiger partial charge is 0.352 e. The highest BCUT2D eigenvalue weighted by molar-refractivity contribution is 9.10. The third-order valence-corrected chi connectivity index (χ3v) is 7.09. The van der Waals surface area contributed by atoms with E-state index < -0.39 is 6.04 Å². The van der Waals surface area contributed by atoms with Crippen molar-refractivity contribution in [1.82, 2.24) is 10.2 Å². The first-order valence-electron chi connectivity index (χ1n) is 11.5. The molecule has 0 bridgehead atoms. The predicted molar refractivity (Wildman–Crippen MR) is 150 cm³/mol. The molecule has 0 spiro atoms. The van der Waals surface area contributed by atoms with Crippen LogP contribution in [-0.4, -0.2) is 34.6 Å². The van der Waals surface area contributed by atoms with Crippen molar-refractivity contribution in [1.29, 1.82) is 0 Å². The average molecular weight is 574 g/mol. The van der Waals surface area contributed by atoms with E-state index in [0.717, 1.165) is 21.2 Å². The second-order valence-electron chi connectivity index (χ2n) is 8.64. The van der Waals surface area contributed by atoms with Gasteiger partial charge in [0.25, 0.3) is 0 Å². The van der Waals surface area contributed by atoms with E-state index in [9.17, 15) is 9.59 Å². The minimum atomic E-state index is -0.623. The smallest absolute Gasteiger partial charge is 0.243 e. The van der Waals surface area contributed by atoms with Crippen LogP contribution in [0.2, 0.25) is 5.02 Å². The molecule has 3 rings (SSSR count). The monoisotopic (exact) mass is 572 g/mol. The number of halogens is 2. The summed E-state index contributed by atoms with van der Waals surface area (Å²) in [6.45, 7) is 4.21. The summed E-state index contributed by atoms with van der Waals surface area (Å²) in [4.78, 5) is 28.7. The first-order chi connectivity index (χ1) is 16.8. The van der Waals surface area contributed by atoms with Crippen molar-refractivity contribution in [3.8, 4) is 0 Å². The molecule has 0 aromatic heterocycles. The number of carbonyl (C=O) groups excluding carboxylic acids is 2. The van der Waals surface area contributed by atoms with Gasteiger partial charge in [-0.3, -0.25) is 9.59 Å². The molecule has 7 heteroatoms. The van der Waals surface area contributed by atoms with Crippen molar-refractivity contribution < 1.29 is 9.59 Å². The van der Waals surface area contributed by atoms with Gasteiger partial charge in [0.15, 0.2) is 0 Å². The summed E-state index contributed by atoms with van der Waals surface area (Å²) >= 11 is 11.0. The van der Waals surface area contributed by atoms with Crippen LogP contribution in [0.4, 0.5) is 0 Å². The molecule has 3 aromatic rings. The molecule has 1 N–H and O–H groups in total. The van der Waals surface area contributed by atoms with Crippen molar-refractivity contribution in [2.45, 2.75) is 44.6 Å². The maximum absolute atomic E-state index is 13.6. The van der Waals surface area contributed by atoms with Crippen LogP contribution in [0.15, 0.2) is 83.3 Å². The SMILES string of the molecule is CC(C)NC(=O)C(Cc1ccccc1)N(Cc1cccc(Br)c1)C(=O)CSCc1ccc(Cl)cc1. The number of carbonyl (C=O) groups is 2. The number of benzene rings is 3. The lowest BCUT2D eigenvalue weighted by atomic mass is 10.0. The topological polar surface area (TPSA) is 49.4 Å². The van der Waals surface area contributed by atoms with E-state index in [2.05, 4.69) is 21.2 Å². The molecule has 0 aliphatic carbocycles. The molecule has 0 saturated carbocycles. The molecule has 0 saturated heterocycles. The predicted octanol–water partition coefficient (Wildman–Crippen LogP) is 6.50. The molecule has 3 aromatic carbocycles. The third-order valence-electron chi connectivity index (χ3n) is 5.35. The van der Waals surface area contributed by atoms with E-state index in [0.29, 0.717) is 23.7 Å². The summed E-state index contributed by atoms with van der Waals surface area (Å²) < 4.78 is 0.936. The van der Waals surface area contributed by atoms with Crippen LogP contribution in [0.5, 0.6) is 0 Å². The van der Waals surface area contributed by atoms with Crippen LogP contribution in [-0.2, 0) is 28.3 Å². The number of hydrogen-bond acceptors (Lipinski definition) is 3. The third kappa shape index (κ3) is 9.02. The normalized spacial score (nSPS) is 11.8. The molecule has 2 amide bonds. The van der Waals surface area contributed by atoms with Crippen LogP contribution < -0.4 is 5.32 Å². The molecule has 0 fully saturated rings. The van der Waals surface area contributed by atoms with Crippen LogP contribution in [0.3, 0.4) is 0 Å². The highest BCUT2D eigenvalue weighted by atomic mass is 79.9. The zero-order valence-corrected chi connectivity index (χ0v) is 23.1. The van der Waals surface area contributed by atoms with Crippen molar-refractivity contribution in [2.75, 3.05) is 5.75 Å². The molecular formula is C28H30BrClN2O2S. The van der Waals surface area contributed by atoms with E-state index in [1.807, 2.05) is 92.7 Å². The van der Waals surface area contributed by atoms with Crippen LogP contribution in [0, 0.1) is 0 Å². The molecular weight excluding hydrogens is 544 g/mol. The number of nitrogens with one attached hydrogen (secondary N) is 1. The standard InChI is InChI=1S/C28H30BrClN2O2S/c1-20(2)31-28(34)26(16-21-7-4-3-5-8-21)32(17-23-9-6-10-24(29)15-23)27(33)19-35-18-22-11-13-25(30)14-12-22/h3-15,20,26H,16-19H2,1-2H3,(H,31,34). The molecule has 1 unspecified atom stereocenters. The lowest BCUT2D eigenvalue weighted by Crippen LogP contribution is -2.52. The molecule has 0 radical (unpaired) electrons. The summed E-state index contributed by atoms with van der Waals surface area (Å²) in [7, 11) is 0. The highest BCUT2D eigenvalue weighted by Gasteiger charge is 2.30. The fourth-order valence-corrected chi connectivity index (χ4v) is 5.13. The first kappa shape index (κ1) is 27.3. The fourth-order valence-electron chi connectivity index (χ4n) is 3.69. The Hall–Kier alpha value is -2.28. The van der Waals surface area contributed by atoms with Gasteiger partial charge in [-0.1, -0.05) is 82.1 Å². The minimum Gasteiger partial charge on any atom is -0.352 e. The Morgan fingerprint density at radius 2 is 1.63 bits per heavy atom. The molecule has 184 valence electrons. The van der Waals surface area contributed by atoms with Gasteiger partial charge in [0.1, 0.15) is 6.04 Å². The Kier molecular flexibility index (Phi) is 10.7. The number of rotatable bonds is 11. The summed E-state index contributed by atoms with van der Waals surface area (Å²) in [5.41, 5.74) is 3.08. The zero-order valence-electron chi connectivity index (χ0n) is 19.9. The van der Waals surface area contributed by atoms with Gasteiger partial charge in [0.2, 0.25) is 11.8 Å². The summed E-state index contributed by atoms with van der Waals surface area (Å²) in [5.74, 6) is 0.755. The quantitative estimate of drug-likeness (QED) is 0.285. The second kappa shape index (κ2) is 13.7. The van der Waals surface area contributed by atoms with Crippen molar-refractivity contribution in [3.05, 3.63) is 105 Å². The zero-order chi connectivity index (χ0) is 25.2. The van der Waals surface area contributed by atoms with Crippen molar-refractivity contribution in [2.24, 2.45) is 0 Å². The first-order valence-corrected chi connectivity index (χ1v) is 13.8. The van der Waals surface area contributed by atoms with Gasteiger partial charge >= 0.3 is 0 Å². The van der Waals surface area contributed by atoms with Crippen LogP contribution in [0.1, 0.15) is 30.5 Å². The number of amides is 2. The Labute approximate surface area is 225 Å². The van der Waals surface area contributed by atoms with Gasteiger partial charge in [0, 0.05) is 34.3 Å². The molecule has 1 atom stereocenters. The van der Waals surface area contributed by atoms with Gasteiger partial charge in [-0.2, -0.15) is 0 Å². The van der Waals surface area contributed by atoms with E-state index >= 15 is 0 Å². The molecule has 0 aliphatic rings. The van der Waals surface area contributed by atoms with Crippen LogP contribution in [0.25, 0.3) is 0 Å². The number of hydrogen-bond donors (Lipinski definition) is 1. The van der Waals surface area contributed by atoms with E-state index in [4.69, 9.17) is 11.6 Å². The molecule has 4 nitrogen and oxygen atoms in total. The van der Waals surface area contributed by atoms with Gasteiger partial charge in [0.05, 0.1) is 5.75 Å². The van der Waals surface area contributed by atoms with E-state index in [1.165, 1.54) is 11.8 Å². The Morgan fingerprint density at radius 1 is 0.943 bits per heavy atom. The lowest BCUT2D eigenvalue weighted by Gasteiger charge is -2.32. The molecule has 35 heavy (non-hydrogen) atoms. The molecule has 0 heterocycles. The average Bonchev–Trinajstić information content (AvgIpc) is 2.82. The van der Waals surface area contributed by atoms with Gasteiger partial charge in [-0.05, 0) is 54.8 Å². The summed E-state index contributed by atoms with van der Waals surface area (Å²) in [6.07, 6.45) is 0.445. The van der Waals surface area contributed by atoms with Gasteiger partial charge in [-0.25, -0.2) is 0 Å². The fraction of sp³-hybridized carbons (Fsp3) is 0.286. The Bertz CT molecular complexity index is 1110. The maximum atomic E-state index is 13.6. The van der Waals surface area contributed by atoms with E-state index in [1.54, 1.807) is 4.90 Å². The number of thioether (sulfide) groups is 1. The lowest BCUT2D eigenvalue weighted by molar-refractivity contribution is -0.139. The van der Waals surface area contributed by atoms with E-state index in [-0.39, 0.29) is 23.6 Å². The minimum absolute atomic E-state index is 0.0251. The van der Waals surface area contributed by atoms with Crippen LogP contribution >= 0.6 is 39.3 Å². The van der Waals surface area contributed by atoms with Crippen molar-refractivity contribution in [3.63, 3.8) is 0 Å². The number of nitrogens with zero attached hydrogens (tertiary/aromatic N) is 1. The molecule has 0 aliphatic heterocycles. The Balaban J connectivity index is 1.84.